The molecule has 1 nitrogen and oxygen atoms in total. The van der Waals surface area contributed by atoms with Crippen molar-refractivity contribution in [3.05, 3.63) is 11.6 Å². The van der Waals surface area contributed by atoms with Gasteiger partial charge in [-0.2, -0.15) is 5.26 Å². The zero-order chi connectivity index (χ0) is 9.80. The standard InChI is InChI=1S/C13H19N/c14-10-12-8-4-5-9-13(12)11-6-2-1-3-7-11/h6,12-13H,1-5,7-9H2. The van der Waals surface area contributed by atoms with Crippen molar-refractivity contribution in [3.8, 4) is 6.07 Å². The van der Waals surface area contributed by atoms with Crippen molar-refractivity contribution in [1.29, 1.82) is 5.26 Å². The Morgan fingerprint density at radius 2 is 2.00 bits per heavy atom. The van der Waals surface area contributed by atoms with Gasteiger partial charge in [0, 0.05) is 0 Å². The molecule has 0 aliphatic heterocycles. The first-order chi connectivity index (χ1) is 6.92. The molecule has 2 aliphatic carbocycles. The lowest BCUT2D eigenvalue weighted by atomic mass is 9.73. The van der Waals surface area contributed by atoms with Crippen LogP contribution < -0.4 is 0 Å². The van der Waals surface area contributed by atoms with E-state index in [1.165, 1.54) is 44.9 Å². The maximum atomic E-state index is 9.11. The van der Waals surface area contributed by atoms with E-state index in [2.05, 4.69) is 12.1 Å². The van der Waals surface area contributed by atoms with Gasteiger partial charge in [-0.15, -0.1) is 0 Å². The molecule has 14 heavy (non-hydrogen) atoms. The van der Waals surface area contributed by atoms with Gasteiger partial charge in [0.15, 0.2) is 0 Å². The molecule has 0 radical (unpaired) electrons. The molecule has 0 spiro atoms. The van der Waals surface area contributed by atoms with E-state index >= 15 is 0 Å². The normalized spacial score (nSPS) is 33.2. The highest BCUT2D eigenvalue weighted by molar-refractivity contribution is 5.14. The fourth-order valence-electron chi connectivity index (χ4n) is 2.93. The summed E-state index contributed by atoms with van der Waals surface area (Å²) < 4.78 is 0. The number of hydrogen-bond acceptors (Lipinski definition) is 1. The van der Waals surface area contributed by atoms with Crippen LogP contribution in [0.1, 0.15) is 51.4 Å². The summed E-state index contributed by atoms with van der Waals surface area (Å²) in [6.45, 7) is 0. The second-order valence-corrected chi connectivity index (χ2v) is 4.65. The third-order valence-corrected chi connectivity index (χ3v) is 3.73. The van der Waals surface area contributed by atoms with Crippen LogP contribution in [0.3, 0.4) is 0 Å². The molecule has 1 fully saturated rings. The fraction of sp³-hybridized carbons (Fsp3) is 0.769. The first-order valence-electron chi connectivity index (χ1n) is 6.00. The Labute approximate surface area is 86.8 Å². The Morgan fingerprint density at radius 1 is 1.14 bits per heavy atom. The van der Waals surface area contributed by atoms with Gasteiger partial charge in [-0.3, -0.25) is 0 Å². The van der Waals surface area contributed by atoms with E-state index in [4.69, 9.17) is 5.26 Å². The van der Waals surface area contributed by atoms with Crippen molar-refractivity contribution in [3.63, 3.8) is 0 Å². The highest BCUT2D eigenvalue weighted by Crippen LogP contribution is 2.38. The van der Waals surface area contributed by atoms with Crippen LogP contribution >= 0.6 is 0 Å². The third kappa shape index (κ3) is 2.00. The topological polar surface area (TPSA) is 23.8 Å². The van der Waals surface area contributed by atoms with Crippen LogP contribution in [0, 0.1) is 23.2 Å². The van der Waals surface area contributed by atoms with E-state index in [0.717, 1.165) is 6.42 Å². The predicted molar refractivity (Wildman–Crippen MR) is 57.6 cm³/mol. The first kappa shape index (κ1) is 9.77. The number of hydrogen-bond donors (Lipinski definition) is 0. The second-order valence-electron chi connectivity index (χ2n) is 4.65. The summed E-state index contributed by atoms with van der Waals surface area (Å²) >= 11 is 0. The van der Waals surface area contributed by atoms with Gasteiger partial charge in [0.1, 0.15) is 0 Å². The van der Waals surface area contributed by atoms with Crippen molar-refractivity contribution in [2.75, 3.05) is 0 Å². The van der Waals surface area contributed by atoms with Crippen LogP contribution in [0.4, 0.5) is 0 Å². The average molecular weight is 189 g/mol. The predicted octanol–water partition coefficient (Wildman–Crippen LogP) is 3.82. The minimum Gasteiger partial charge on any atom is -0.198 e. The molecule has 2 atom stereocenters. The zero-order valence-electron chi connectivity index (χ0n) is 8.84. The number of nitriles is 1. The van der Waals surface area contributed by atoms with Crippen molar-refractivity contribution >= 4 is 0 Å². The SMILES string of the molecule is N#CC1CCCCC1C1=CCCCC1. The largest absolute Gasteiger partial charge is 0.198 e. The summed E-state index contributed by atoms with van der Waals surface area (Å²) in [6.07, 6.45) is 12.6. The minimum atomic E-state index is 0.327. The molecule has 0 aromatic carbocycles. The molecule has 0 heterocycles. The molecular weight excluding hydrogens is 170 g/mol. The van der Waals surface area contributed by atoms with Gasteiger partial charge in [-0.1, -0.05) is 24.5 Å². The maximum Gasteiger partial charge on any atom is 0.0662 e. The second kappa shape index (κ2) is 4.64. The van der Waals surface area contributed by atoms with Crippen LogP contribution in [-0.4, -0.2) is 0 Å². The Hall–Kier alpha value is -0.770. The zero-order valence-corrected chi connectivity index (χ0v) is 8.84. The highest BCUT2D eigenvalue weighted by atomic mass is 14.4. The quantitative estimate of drug-likeness (QED) is 0.575. The van der Waals surface area contributed by atoms with E-state index in [9.17, 15) is 0 Å². The molecule has 2 rings (SSSR count). The van der Waals surface area contributed by atoms with Crippen LogP contribution in [0.2, 0.25) is 0 Å². The molecule has 0 bridgehead atoms. The van der Waals surface area contributed by atoms with Crippen molar-refractivity contribution in [1.82, 2.24) is 0 Å². The number of rotatable bonds is 1. The summed E-state index contributed by atoms with van der Waals surface area (Å²) in [6, 6.07) is 2.51. The Kier molecular flexibility index (Phi) is 3.24. The molecule has 0 aromatic heterocycles. The summed E-state index contributed by atoms with van der Waals surface area (Å²) in [5, 5.41) is 9.11. The van der Waals surface area contributed by atoms with E-state index < -0.39 is 0 Å². The number of nitrogens with zero attached hydrogens (tertiary/aromatic N) is 1. The Morgan fingerprint density at radius 3 is 2.71 bits per heavy atom. The molecule has 0 saturated heterocycles. The molecule has 0 aromatic rings. The smallest absolute Gasteiger partial charge is 0.0662 e. The van der Waals surface area contributed by atoms with Gasteiger partial charge in [0.2, 0.25) is 0 Å². The van der Waals surface area contributed by atoms with Crippen molar-refractivity contribution in [2.24, 2.45) is 11.8 Å². The lowest BCUT2D eigenvalue weighted by Gasteiger charge is -2.30. The van der Waals surface area contributed by atoms with Crippen molar-refractivity contribution < 1.29 is 0 Å². The van der Waals surface area contributed by atoms with Gasteiger partial charge >= 0.3 is 0 Å². The van der Waals surface area contributed by atoms with Gasteiger partial charge in [-0.25, -0.2) is 0 Å². The number of allylic oxidation sites excluding steroid dienone is 2. The van der Waals surface area contributed by atoms with Gasteiger partial charge in [0.05, 0.1) is 12.0 Å². The van der Waals surface area contributed by atoms with E-state index in [0.29, 0.717) is 11.8 Å². The van der Waals surface area contributed by atoms with E-state index in [1.54, 1.807) is 5.57 Å². The molecule has 1 heteroatoms. The Balaban J connectivity index is 2.06. The lowest BCUT2D eigenvalue weighted by molar-refractivity contribution is 0.319. The molecule has 1 saturated carbocycles. The van der Waals surface area contributed by atoms with Gasteiger partial charge < -0.3 is 0 Å². The van der Waals surface area contributed by atoms with Gasteiger partial charge in [0.25, 0.3) is 0 Å². The molecule has 0 N–H and O–H groups in total. The van der Waals surface area contributed by atoms with Crippen LogP contribution in [0.15, 0.2) is 11.6 Å². The molecule has 0 amide bonds. The maximum absolute atomic E-state index is 9.11. The highest BCUT2D eigenvalue weighted by Gasteiger charge is 2.27. The molecular formula is C13H19N. The lowest BCUT2D eigenvalue weighted by Crippen LogP contribution is -2.21. The Bertz CT molecular complexity index is 259. The van der Waals surface area contributed by atoms with Crippen LogP contribution in [-0.2, 0) is 0 Å². The summed E-state index contributed by atoms with van der Waals surface area (Å²) in [4.78, 5) is 0. The molecule has 76 valence electrons. The summed E-state index contributed by atoms with van der Waals surface area (Å²) in [7, 11) is 0. The molecule has 2 unspecified atom stereocenters. The first-order valence-corrected chi connectivity index (χ1v) is 6.00. The minimum absolute atomic E-state index is 0.327. The average Bonchev–Trinajstić information content (AvgIpc) is 2.30. The van der Waals surface area contributed by atoms with E-state index in [1.807, 2.05) is 0 Å². The van der Waals surface area contributed by atoms with Gasteiger partial charge in [-0.05, 0) is 44.4 Å². The van der Waals surface area contributed by atoms with Crippen molar-refractivity contribution in [2.45, 2.75) is 51.4 Å². The molecule has 2 aliphatic rings. The van der Waals surface area contributed by atoms with Crippen LogP contribution in [0.5, 0.6) is 0 Å². The summed E-state index contributed by atoms with van der Waals surface area (Å²) in [5.41, 5.74) is 1.61. The summed E-state index contributed by atoms with van der Waals surface area (Å²) in [5.74, 6) is 0.946. The van der Waals surface area contributed by atoms with E-state index in [-0.39, 0.29) is 0 Å². The van der Waals surface area contributed by atoms with Crippen LogP contribution in [0.25, 0.3) is 0 Å². The fourth-order valence-corrected chi connectivity index (χ4v) is 2.93. The third-order valence-electron chi connectivity index (χ3n) is 3.73. The monoisotopic (exact) mass is 189 g/mol.